The molecule has 2 aromatic rings. The predicted molar refractivity (Wildman–Crippen MR) is 105 cm³/mol. The first-order valence-corrected chi connectivity index (χ1v) is 9.04. The van der Waals surface area contributed by atoms with Crippen molar-refractivity contribution in [3.63, 3.8) is 0 Å². The second-order valence-electron chi connectivity index (χ2n) is 6.78. The van der Waals surface area contributed by atoms with Gasteiger partial charge in [0.25, 0.3) is 11.7 Å². The van der Waals surface area contributed by atoms with E-state index in [1.165, 1.54) is 12.0 Å². The molecule has 3 rings (SSSR count). The molecule has 1 aliphatic heterocycles. The summed E-state index contributed by atoms with van der Waals surface area (Å²) in [5.74, 6) is -2.56. The third-order valence-electron chi connectivity index (χ3n) is 4.84. The number of hydrogen-bond acceptors (Lipinski definition) is 5. The molecule has 7 heteroatoms. The van der Waals surface area contributed by atoms with E-state index < -0.39 is 23.7 Å². The summed E-state index contributed by atoms with van der Waals surface area (Å²) in [6.07, 6.45) is -0.321. The molecule has 150 valence electrons. The topological polar surface area (TPSA) is 104 Å². The van der Waals surface area contributed by atoms with Crippen molar-refractivity contribution in [3.05, 3.63) is 70.8 Å². The lowest BCUT2D eigenvalue weighted by Gasteiger charge is -2.25. The first-order chi connectivity index (χ1) is 13.8. The van der Waals surface area contributed by atoms with E-state index in [-0.39, 0.29) is 24.3 Å². The van der Waals surface area contributed by atoms with Crippen LogP contribution in [-0.4, -0.2) is 46.4 Å². The predicted octanol–water partition coefficient (Wildman–Crippen LogP) is 2.90. The number of benzene rings is 2. The van der Waals surface area contributed by atoms with Crippen LogP contribution in [0.4, 0.5) is 0 Å². The third-order valence-corrected chi connectivity index (χ3v) is 4.84. The number of ether oxygens (including phenoxy) is 1. The summed E-state index contributed by atoms with van der Waals surface area (Å²) in [5, 5.41) is 19.9. The minimum Gasteiger partial charge on any atom is -0.507 e. The summed E-state index contributed by atoms with van der Waals surface area (Å²) in [4.78, 5) is 37.7. The van der Waals surface area contributed by atoms with Crippen molar-refractivity contribution >= 4 is 23.4 Å². The number of carbonyl (C=O) groups excluding carboxylic acids is 2. The van der Waals surface area contributed by atoms with Crippen molar-refractivity contribution in [1.82, 2.24) is 4.90 Å². The van der Waals surface area contributed by atoms with Crippen LogP contribution in [0.25, 0.3) is 5.76 Å². The van der Waals surface area contributed by atoms with Crippen molar-refractivity contribution < 1.29 is 29.3 Å². The fourth-order valence-corrected chi connectivity index (χ4v) is 3.35. The molecular formula is C22H21NO6. The summed E-state index contributed by atoms with van der Waals surface area (Å²) >= 11 is 0. The van der Waals surface area contributed by atoms with E-state index in [2.05, 4.69) is 0 Å². The maximum Gasteiger partial charge on any atom is 0.305 e. The van der Waals surface area contributed by atoms with Crippen LogP contribution in [0, 0.1) is 6.92 Å². The molecule has 1 amide bonds. The molecule has 0 spiro atoms. The van der Waals surface area contributed by atoms with Gasteiger partial charge in [0.1, 0.15) is 11.5 Å². The average molecular weight is 395 g/mol. The number of likely N-dealkylation sites (tertiary alicyclic amines) is 1. The SMILES string of the molecule is COc1cccc(C2/C(=C(/O)c3ccc(C)cc3)C(=O)C(=O)N2CCC(=O)O)c1. The molecule has 7 nitrogen and oxygen atoms in total. The van der Waals surface area contributed by atoms with Crippen LogP contribution < -0.4 is 4.74 Å². The summed E-state index contributed by atoms with van der Waals surface area (Å²) in [6, 6.07) is 12.8. The Kier molecular flexibility index (Phi) is 5.68. The molecular weight excluding hydrogens is 374 g/mol. The average Bonchev–Trinajstić information content (AvgIpc) is 2.97. The summed E-state index contributed by atoms with van der Waals surface area (Å²) in [5.41, 5.74) is 1.85. The highest BCUT2D eigenvalue weighted by atomic mass is 16.5. The molecule has 2 N–H and O–H groups in total. The van der Waals surface area contributed by atoms with Crippen LogP contribution in [0.5, 0.6) is 5.75 Å². The molecule has 1 heterocycles. The van der Waals surface area contributed by atoms with Crippen molar-refractivity contribution in [3.8, 4) is 5.75 Å². The largest absolute Gasteiger partial charge is 0.507 e. The normalized spacial score (nSPS) is 18.1. The number of ketones is 1. The lowest BCUT2D eigenvalue weighted by atomic mass is 9.95. The highest BCUT2D eigenvalue weighted by Gasteiger charge is 2.46. The number of methoxy groups -OCH3 is 1. The van der Waals surface area contributed by atoms with E-state index in [1.807, 2.05) is 6.92 Å². The maximum absolute atomic E-state index is 12.8. The highest BCUT2D eigenvalue weighted by molar-refractivity contribution is 6.46. The van der Waals surface area contributed by atoms with E-state index in [0.717, 1.165) is 5.56 Å². The number of rotatable bonds is 6. The Bertz CT molecular complexity index is 993. The number of hydrogen-bond donors (Lipinski definition) is 2. The highest BCUT2D eigenvalue weighted by Crippen LogP contribution is 2.40. The van der Waals surface area contributed by atoms with E-state index >= 15 is 0 Å². The molecule has 0 aromatic heterocycles. The summed E-state index contributed by atoms with van der Waals surface area (Å²) in [6.45, 7) is 1.73. The maximum atomic E-state index is 12.8. The molecule has 0 saturated carbocycles. The standard InChI is InChI=1S/C22H21NO6/c1-13-6-8-14(9-7-13)20(26)18-19(15-4-3-5-16(12-15)29-2)23(11-10-17(24)25)22(28)21(18)27/h3-9,12,19,26H,10-11H2,1-2H3,(H,24,25)/b20-18-. The lowest BCUT2D eigenvalue weighted by molar-refractivity contribution is -0.142. The fourth-order valence-electron chi connectivity index (χ4n) is 3.35. The second kappa shape index (κ2) is 8.18. The number of aliphatic hydroxyl groups excluding tert-OH is 1. The lowest BCUT2D eigenvalue weighted by Crippen LogP contribution is -2.31. The fraction of sp³-hybridized carbons (Fsp3) is 0.227. The third kappa shape index (κ3) is 3.99. The number of aliphatic hydroxyl groups is 1. The number of amides is 1. The molecule has 29 heavy (non-hydrogen) atoms. The zero-order chi connectivity index (χ0) is 21.1. The molecule has 1 aliphatic rings. The molecule has 0 bridgehead atoms. The molecule has 1 unspecified atom stereocenters. The van der Waals surface area contributed by atoms with E-state index in [9.17, 15) is 19.5 Å². The molecule has 1 saturated heterocycles. The van der Waals surface area contributed by atoms with Gasteiger partial charge >= 0.3 is 5.97 Å². The van der Waals surface area contributed by atoms with Crippen molar-refractivity contribution in [1.29, 1.82) is 0 Å². The van der Waals surface area contributed by atoms with Gasteiger partial charge in [0.05, 0.1) is 25.1 Å². The van der Waals surface area contributed by atoms with Crippen molar-refractivity contribution in [2.24, 2.45) is 0 Å². The van der Waals surface area contributed by atoms with Gasteiger partial charge in [-0.1, -0.05) is 42.0 Å². The first kappa shape index (κ1) is 20.1. The number of carboxylic acids is 1. The molecule has 1 atom stereocenters. The van der Waals surface area contributed by atoms with Gasteiger partial charge in [-0.2, -0.15) is 0 Å². The number of nitrogens with zero attached hydrogens (tertiary/aromatic N) is 1. The summed E-state index contributed by atoms with van der Waals surface area (Å²) in [7, 11) is 1.49. The zero-order valence-corrected chi connectivity index (χ0v) is 16.1. The van der Waals surface area contributed by atoms with Gasteiger partial charge in [-0.25, -0.2) is 0 Å². The number of carbonyl (C=O) groups is 3. The number of aliphatic carboxylic acids is 1. The quantitative estimate of drug-likeness (QED) is 0.443. The van der Waals surface area contributed by atoms with Crippen LogP contribution in [0.1, 0.15) is 29.2 Å². The van der Waals surface area contributed by atoms with Crippen LogP contribution >= 0.6 is 0 Å². The van der Waals surface area contributed by atoms with Gasteiger partial charge in [0, 0.05) is 12.1 Å². The molecule has 2 aromatic carbocycles. The molecule has 0 radical (unpaired) electrons. The molecule has 1 fully saturated rings. The van der Waals surface area contributed by atoms with Gasteiger partial charge in [-0.3, -0.25) is 14.4 Å². The Hall–Kier alpha value is -3.61. The zero-order valence-electron chi connectivity index (χ0n) is 16.1. The van der Waals surface area contributed by atoms with Crippen molar-refractivity contribution in [2.45, 2.75) is 19.4 Å². The van der Waals surface area contributed by atoms with Gasteiger partial charge < -0.3 is 19.8 Å². The Morgan fingerprint density at radius 2 is 1.79 bits per heavy atom. The van der Waals surface area contributed by atoms with Gasteiger partial charge in [-0.15, -0.1) is 0 Å². The number of carboxylic acid groups (broad SMARTS) is 1. The van der Waals surface area contributed by atoms with E-state index in [4.69, 9.17) is 9.84 Å². The van der Waals surface area contributed by atoms with Crippen LogP contribution in [-0.2, 0) is 14.4 Å². The van der Waals surface area contributed by atoms with E-state index in [1.54, 1.807) is 48.5 Å². The minimum absolute atomic E-state index is 0.0718. The van der Waals surface area contributed by atoms with Crippen LogP contribution in [0.3, 0.4) is 0 Å². The Balaban J connectivity index is 2.16. The Morgan fingerprint density at radius 3 is 2.41 bits per heavy atom. The monoisotopic (exact) mass is 395 g/mol. The van der Waals surface area contributed by atoms with Gasteiger partial charge in [-0.05, 0) is 24.6 Å². The second-order valence-corrected chi connectivity index (χ2v) is 6.78. The number of aryl methyl sites for hydroxylation is 1. The van der Waals surface area contributed by atoms with E-state index in [0.29, 0.717) is 16.9 Å². The first-order valence-electron chi connectivity index (χ1n) is 9.04. The van der Waals surface area contributed by atoms with Crippen LogP contribution in [0.2, 0.25) is 0 Å². The number of Topliss-reactive ketones (excluding diaryl/α,β-unsaturated/α-hetero) is 1. The molecule has 0 aliphatic carbocycles. The van der Waals surface area contributed by atoms with Gasteiger partial charge in [0.2, 0.25) is 0 Å². The minimum atomic E-state index is -1.09. The smallest absolute Gasteiger partial charge is 0.305 e. The van der Waals surface area contributed by atoms with Crippen LogP contribution in [0.15, 0.2) is 54.1 Å². The Morgan fingerprint density at radius 1 is 1.10 bits per heavy atom. The van der Waals surface area contributed by atoms with Crippen molar-refractivity contribution in [2.75, 3.05) is 13.7 Å². The summed E-state index contributed by atoms with van der Waals surface area (Å²) < 4.78 is 5.23. The Labute approximate surface area is 167 Å². The van der Waals surface area contributed by atoms with Gasteiger partial charge in [0.15, 0.2) is 0 Å².